The quantitative estimate of drug-likeness (QED) is 0.789. The van der Waals surface area contributed by atoms with Crippen molar-refractivity contribution in [3.63, 3.8) is 0 Å². The Kier molecular flexibility index (Phi) is 2.72. The second kappa shape index (κ2) is 3.91. The van der Waals surface area contributed by atoms with Crippen LogP contribution in [-0.4, -0.2) is 24.6 Å². The van der Waals surface area contributed by atoms with E-state index in [1.54, 1.807) is 19.2 Å². The van der Waals surface area contributed by atoms with Gasteiger partial charge in [0.05, 0.1) is 19.1 Å². The number of carbonyl (C=O) groups excluding carboxylic acids is 1. The van der Waals surface area contributed by atoms with Gasteiger partial charge in [-0.05, 0) is 43.5 Å². The molecule has 1 aromatic carbocycles. The van der Waals surface area contributed by atoms with E-state index in [2.05, 4.69) is 0 Å². The van der Waals surface area contributed by atoms with E-state index in [1.165, 1.54) is 0 Å². The summed E-state index contributed by atoms with van der Waals surface area (Å²) in [6, 6.07) is 5.40. The van der Waals surface area contributed by atoms with Gasteiger partial charge in [0, 0.05) is 5.56 Å². The Labute approximate surface area is 95.0 Å². The summed E-state index contributed by atoms with van der Waals surface area (Å²) in [4.78, 5) is 12.1. The molecule has 16 heavy (non-hydrogen) atoms. The molecule has 3 heteroatoms. The lowest BCUT2D eigenvalue weighted by Gasteiger charge is -2.12. The van der Waals surface area contributed by atoms with E-state index in [4.69, 9.17) is 4.74 Å². The minimum atomic E-state index is -0.485. The lowest BCUT2D eigenvalue weighted by atomic mass is 9.94. The van der Waals surface area contributed by atoms with Crippen LogP contribution >= 0.6 is 0 Å². The third kappa shape index (κ3) is 1.71. The van der Waals surface area contributed by atoms with E-state index in [0.29, 0.717) is 5.56 Å². The van der Waals surface area contributed by atoms with Crippen LogP contribution in [0.5, 0.6) is 5.75 Å². The van der Waals surface area contributed by atoms with E-state index in [-0.39, 0.29) is 12.4 Å². The number of ether oxygens (including phenoxy) is 1. The van der Waals surface area contributed by atoms with Crippen LogP contribution in [0.3, 0.4) is 0 Å². The average molecular weight is 220 g/mol. The Morgan fingerprint density at radius 1 is 1.50 bits per heavy atom. The zero-order valence-electron chi connectivity index (χ0n) is 9.62. The van der Waals surface area contributed by atoms with Gasteiger partial charge >= 0.3 is 0 Å². The van der Waals surface area contributed by atoms with Crippen LogP contribution in [0, 0.1) is 12.3 Å². The normalized spacial score (nSPS) is 16.9. The molecule has 0 aromatic heterocycles. The summed E-state index contributed by atoms with van der Waals surface area (Å²) in [5, 5.41) is 9.21. The highest BCUT2D eigenvalue weighted by atomic mass is 16.5. The van der Waals surface area contributed by atoms with Crippen LogP contribution in [0.15, 0.2) is 18.2 Å². The van der Waals surface area contributed by atoms with E-state index >= 15 is 0 Å². The molecule has 0 saturated heterocycles. The Morgan fingerprint density at radius 2 is 2.19 bits per heavy atom. The first-order valence-corrected chi connectivity index (χ1v) is 5.43. The van der Waals surface area contributed by atoms with Gasteiger partial charge < -0.3 is 9.84 Å². The Hall–Kier alpha value is -1.35. The average Bonchev–Trinajstić information content (AvgIpc) is 3.09. The lowest BCUT2D eigenvalue weighted by Crippen LogP contribution is -2.20. The Bertz CT molecular complexity index is 419. The van der Waals surface area contributed by atoms with Crippen LogP contribution in [-0.2, 0) is 0 Å². The minimum absolute atomic E-state index is 0.0447. The number of ketones is 1. The number of rotatable bonds is 4. The van der Waals surface area contributed by atoms with E-state index in [0.717, 1.165) is 24.2 Å². The predicted octanol–water partition coefficient (Wildman–Crippen LogP) is 1.96. The van der Waals surface area contributed by atoms with Crippen molar-refractivity contribution >= 4 is 5.78 Å². The monoisotopic (exact) mass is 220 g/mol. The number of hydrogen-bond acceptors (Lipinski definition) is 3. The van der Waals surface area contributed by atoms with E-state index < -0.39 is 5.41 Å². The number of methoxy groups -OCH3 is 1. The Morgan fingerprint density at radius 3 is 2.62 bits per heavy atom. The molecule has 86 valence electrons. The summed E-state index contributed by atoms with van der Waals surface area (Å²) in [5.74, 6) is 0.839. The SMILES string of the molecule is COc1ccc(C(=O)C2(CO)CC2)cc1C. The van der Waals surface area contributed by atoms with Gasteiger partial charge in [0.1, 0.15) is 5.75 Å². The van der Waals surface area contributed by atoms with Gasteiger partial charge in [-0.15, -0.1) is 0 Å². The van der Waals surface area contributed by atoms with E-state index in [1.807, 2.05) is 13.0 Å². The van der Waals surface area contributed by atoms with Gasteiger partial charge in [-0.25, -0.2) is 0 Å². The fraction of sp³-hybridized carbons (Fsp3) is 0.462. The summed E-state index contributed by atoms with van der Waals surface area (Å²) in [6.07, 6.45) is 1.60. The minimum Gasteiger partial charge on any atom is -0.496 e. The highest BCUT2D eigenvalue weighted by molar-refractivity contribution is 6.02. The third-order valence-corrected chi connectivity index (χ3v) is 3.29. The molecule has 3 nitrogen and oxygen atoms in total. The number of aryl methyl sites for hydroxylation is 1. The van der Waals surface area contributed by atoms with Gasteiger partial charge in [-0.2, -0.15) is 0 Å². The number of aliphatic hydroxyl groups is 1. The summed E-state index contributed by atoms with van der Waals surface area (Å²) in [5.41, 5.74) is 1.13. The molecule has 2 rings (SSSR count). The molecule has 0 atom stereocenters. The number of benzene rings is 1. The first-order valence-electron chi connectivity index (χ1n) is 5.43. The molecule has 0 amide bonds. The van der Waals surface area contributed by atoms with Gasteiger partial charge in [-0.1, -0.05) is 0 Å². The summed E-state index contributed by atoms with van der Waals surface area (Å²) >= 11 is 0. The molecule has 0 unspecified atom stereocenters. The zero-order valence-corrected chi connectivity index (χ0v) is 9.62. The molecule has 1 aliphatic carbocycles. The summed E-state index contributed by atoms with van der Waals surface area (Å²) in [6.45, 7) is 1.87. The maximum Gasteiger partial charge on any atom is 0.171 e. The fourth-order valence-electron chi connectivity index (χ4n) is 1.93. The topological polar surface area (TPSA) is 46.5 Å². The van der Waals surface area contributed by atoms with Crippen molar-refractivity contribution in [2.24, 2.45) is 5.41 Å². The summed E-state index contributed by atoms with van der Waals surface area (Å²) < 4.78 is 5.15. The predicted molar refractivity (Wildman–Crippen MR) is 60.8 cm³/mol. The van der Waals surface area contributed by atoms with Crippen molar-refractivity contribution in [3.05, 3.63) is 29.3 Å². The van der Waals surface area contributed by atoms with Crippen LogP contribution in [0.4, 0.5) is 0 Å². The molecule has 0 bridgehead atoms. The number of carbonyl (C=O) groups is 1. The summed E-state index contributed by atoms with van der Waals surface area (Å²) in [7, 11) is 1.61. The second-order valence-electron chi connectivity index (χ2n) is 4.45. The largest absolute Gasteiger partial charge is 0.496 e. The molecular formula is C13H16O3. The Balaban J connectivity index is 2.28. The first-order chi connectivity index (χ1) is 7.63. The van der Waals surface area contributed by atoms with E-state index in [9.17, 15) is 9.90 Å². The lowest BCUT2D eigenvalue weighted by molar-refractivity contribution is 0.0829. The number of Topliss-reactive ketones (excluding diaryl/α,β-unsaturated/α-hetero) is 1. The molecule has 1 saturated carbocycles. The fourth-order valence-corrected chi connectivity index (χ4v) is 1.93. The van der Waals surface area contributed by atoms with Crippen molar-refractivity contribution < 1.29 is 14.6 Å². The maximum atomic E-state index is 12.1. The smallest absolute Gasteiger partial charge is 0.171 e. The highest BCUT2D eigenvalue weighted by Gasteiger charge is 2.49. The second-order valence-corrected chi connectivity index (χ2v) is 4.45. The molecule has 1 aromatic rings. The molecule has 1 N–H and O–H groups in total. The molecule has 0 radical (unpaired) electrons. The maximum absolute atomic E-state index is 12.1. The standard InChI is InChI=1S/C13H16O3/c1-9-7-10(3-4-11(9)16-2)12(15)13(8-14)5-6-13/h3-4,7,14H,5-6,8H2,1-2H3. The molecule has 0 aliphatic heterocycles. The van der Waals surface area contributed by atoms with Crippen molar-refractivity contribution in [2.45, 2.75) is 19.8 Å². The molecule has 1 fully saturated rings. The molecular weight excluding hydrogens is 204 g/mol. The van der Waals surface area contributed by atoms with Crippen molar-refractivity contribution in [1.82, 2.24) is 0 Å². The zero-order chi connectivity index (χ0) is 11.8. The van der Waals surface area contributed by atoms with Gasteiger partial charge in [0.25, 0.3) is 0 Å². The van der Waals surface area contributed by atoms with Crippen LogP contribution < -0.4 is 4.74 Å². The van der Waals surface area contributed by atoms with Crippen molar-refractivity contribution in [3.8, 4) is 5.75 Å². The van der Waals surface area contributed by atoms with Gasteiger partial charge in [0.15, 0.2) is 5.78 Å². The molecule has 0 heterocycles. The number of aliphatic hydroxyl groups excluding tert-OH is 1. The first kappa shape index (κ1) is 11.1. The molecule has 1 aliphatic rings. The van der Waals surface area contributed by atoms with Crippen molar-refractivity contribution in [1.29, 1.82) is 0 Å². The van der Waals surface area contributed by atoms with Crippen LogP contribution in [0.25, 0.3) is 0 Å². The van der Waals surface area contributed by atoms with Gasteiger partial charge in [-0.3, -0.25) is 4.79 Å². The van der Waals surface area contributed by atoms with Crippen LogP contribution in [0.1, 0.15) is 28.8 Å². The van der Waals surface area contributed by atoms with Crippen molar-refractivity contribution in [2.75, 3.05) is 13.7 Å². The number of hydrogen-bond donors (Lipinski definition) is 1. The van der Waals surface area contributed by atoms with Crippen LogP contribution in [0.2, 0.25) is 0 Å². The third-order valence-electron chi connectivity index (χ3n) is 3.29. The van der Waals surface area contributed by atoms with Gasteiger partial charge in [0.2, 0.25) is 0 Å². The molecule has 0 spiro atoms. The highest BCUT2D eigenvalue weighted by Crippen LogP contribution is 2.47.